The molecule has 1 fully saturated rings. The maximum Gasteiger partial charge on any atom is 0.232 e. The molecule has 0 aromatic heterocycles. The number of aromatic hydroxyl groups is 1. The largest absolute Gasteiger partial charge is 0.508 e. The number of phenols is 1. The molecule has 4 nitrogen and oxygen atoms in total. The molecule has 0 spiro atoms. The predicted octanol–water partition coefficient (Wildman–Crippen LogP) is 3.46. The second-order valence-corrected chi connectivity index (χ2v) is 7.85. The average molecular weight is 329 g/mol. The molecule has 1 saturated carbocycles. The van der Waals surface area contributed by atoms with Crippen LogP contribution in [0, 0.1) is 11.3 Å². The van der Waals surface area contributed by atoms with Gasteiger partial charge >= 0.3 is 0 Å². The van der Waals surface area contributed by atoms with Gasteiger partial charge in [0.15, 0.2) is 0 Å². The lowest BCUT2D eigenvalue weighted by Crippen LogP contribution is -2.56. The van der Waals surface area contributed by atoms with E-state index in [1.807, 2.05) is 19.1 Å². The first kappa shape index (κ1) is 17.0. The Morgan fingerprint density at radius 1 is 1.29 bits per heavy atom. The number of imide groups is 1. The van der Waals surface area contributed by atoms with Crippen molar-refractivity contribution in [3.63, 3.8) is 0 Å². The van der Waals surface area contributed by atoms with E-state index < -0.39 is 5.41 Å². The molecule has 0 bridgehead atoms. The lowest BCUT2D eigenvalue weighted by molar-refractivity contribution is -0.143. The van der Waals surface area contributed by atoms with Crippen LogP contribution in [0.3, 0.4) is 0 Å². The molecule has 3 atom stereocenters. The van der Waals surface area contributed by atoms with Crippen LogP contribution < -0.4 is 5.32 Å². The molecular weight excluding hydrogens is 302 g/mol. The molecule has 0 saturated heterocycles. The SMILES string of the molecule is CCC(=O)NC(=O)[C@@]1(C)CCC[C@]2(C)c3cc(O)ccc3CC[C@@H]12. The number of amides is 2. The van der Waals surface area contributed by atoms with Crippen LogP contribution in [0.5, 0.6) is 5.75 Å². The van der Waals surface area contributed by atoms with Crippen molar-refractivity contribution in [3.8, 4) is 5.75 Å². The maximum absolute atomic E-state index is 12.9. The van der Waals surface area contributed by atoms with Crippen molar-refractivity contribution < 1.29 is 14.7 Å². The van der Waals surface area contributed by atoms with Crippen molar-refractivity contribution >= 4 is 11.8 Å². The summed E-state index contributed by atoms with van der Waals surface area (Å²) in [6, 6.07) is 5.64. The summed E-state index contributed by atoms with van der Waals surface area (Å²) in [6.07, 6.45) is 4.95. The van der Waals surface area contributed by atoms with E-state index in [-0.39, 0.29) is 28.9 Å². The molecule has 2 amide bonds. The fourth-order valence-corrected chi connectivity index (χ4v) is 5.08. The lowest BCUT2D eigenvalue weighted by Gasteiger charge is -2.54. The van der Waals surface area contributed by atoms with E-state index in [1.54, 1.807) is 13.0 Å². The molecule has 2 N–H and O–H groups in total. The van der Waals surface area contributed by atoms with Gasteiger partial charge in [-0.25, -0.2) is 0 Å². The first-order chi connectivity index (χ1) is 11.3. The summed E-state index contributed by atoms with van der Waals surface area (Å²) in [5, 5.41) is 12.6. The molecule has 1 aromatic carbocycles. The molecule has 0 heterocycles. The van der Waals surface area contributed by atoms with Crippen molar-refractivity contribution in [2.24, 2.45) is 11.3 Å². The molecule has 130 valence electrons. The fraction of sp³-hybridized carbons (Fsp3) is 0.600. The smallest absolute Gasteiger partial charge is 0.232 e. The van der Waals surface area contributed by atoms with E-state index >= 15 is 0 Å². The van der Waals surface area contributed by atoms with Crippen molar-refractivity contribution in [1.29, 1.82) is 0 Å². The zero-order valence-electron chi connectivity index (χ0n) is 14.8. The van der Waals surface area contributed by atoms with Gasteiger partial charge in [0, 0.05) is 6.42 Å². The van der Waals surface area contributed by atoms with Crippen LogP contribution in [0.4, 0.5) is 0 Å². The predicted molar refractivity (Wildman–Crippen MR) is 92.7 cm³/mol. The highest BCUT2D eigenvalue weighted by Gasteiger charge is 2.55. The van der Waals surface area contributed by atoms with Gasteiger partial charge in [-0.15, -0.1) is 0 Å². The Balaban J connectivity index is 2.00. The molecule has 2 aliphatic carbocycles. The van der Waals surface area contributed by atoms with E-state index in [1.165, 1.54) is 11.1 Å². The quantitative estimate of drug-likeness (QED) is 0.873. The Morgan fingerprint density at radius 3 is 2.75 bits per heavy atom. The van der Waals surface area contributed by atoms with Gasteiger partial charge in [0.25, 0.3) is 0 Å². The normalized spacial score (nSPS) is 31.7. The van der Waals surface area contributed by atoms with E-state index in [0.717, 1.165) is 32.1 Å². The number of hydrogen-bond acceptors (Lipinski definition) is 3. The van der Waals surface area contributed by atoms with Crippen molar-refractivity contribution in [3.05, 3.63) is 29.3 Å². The summed E-state index contributed by atoms with van der Waals surface area (Å²) in [5.41, 5.74) is 1.78. The van der Waals surface area contributed by atoms with Crippen molar-refractivity contribution in [2.75, 3.05) is 0 Å². The molecule has 2 aliphatic rings. The van der Waals surface area contributed by atoms with Crippen molar-refractivity contribution in [1.82, 2.24) is 5.32 Å². The van der Waals surface area contributed by atoms with Crippen LogP contribution in [0.1, 0.15) is 64.0 Å². The van der Waals surface area contributed by atoms with Gasteiger partial charge < -0.3 is 5.11 Å². The molecule has 3 rings (SSSR count). The van der Waals surface area contributed by atoms with Crippen LogP contribution >= 0.6 is 0 Å². The lowest BCUT2D eigenvalue weighted by atomic mass is 9.49. The number of carbonyl (C=O) groups is 2. The topological polar surface area (TPSA) is 66.4 Å². The summed E-state index contributed by atoms with van der Waals surface area (Å²) in [7, 11) is 0. The molecule has 1 aromatic rings. The highest BCUT2D eigenvalue weighted by atomic mass is 16.3. The number of benzene rings is 1. The third-order valence-electron chi connectivity index (χ3n) is 6.43. The number of hydrogen-bond donors (Lipinski definition) is 2. The third kappa shape index (κ3) is 2.52. The van der Waals surface area contributed by atoms with Gasteiger partial charge in [-0.2, -0.15) is 0 Å². The number of aryl methyl sites for hydroxylation is 1. The average Bonchev–Trinajstić information content (AvgIpc) is 2.55. The van der Waals surface area contributed by atoms with Crippen molar-refractivity contribution in [2.45, 2.75) is 64.7 Å². The van der Waals surface area contributed by atoms with Crippen LogP contribution in [-0.2, 0) is 21.4 Å². The number of carbonyl (C=O) groups excluding carboxylic acids is 2. The van der Waals surface area contributed by atoms with Gasteiger partial charge in [0.2, 0.25) is 11.8 Å². The molecule has 24 heavy (non-hydrogen) atoms. The third-order valence-corrected chi connectivity index (χ3v) is 6.43. The van der Waals surface area contributed by atoms with E-state index in [9.17, 15) is 14.7 Å². The standard InChI is InChI=1S/C20H27NO3/c1-4-17(23)21-18(24)20(3)11-5-10-19(2)15-12-14(22)8-6-13(15)7-9-16(19)20/h6,8,12,16,22H,4-5,7,9-11H2,1-3H3,(H,21,23,24)/t16-,19-,20+/m1/s1. The van der Waals surface area contributed by atoms with E-state index in [4.69, 9.17) is 0 Å². The van der Waals surface area contributed by atoms with Gasteiger partial charge in [-0.05, 0) is 60.3 Å². The van der Waals surface area contributed by atoms with Crippen LogP contribution in [0.15, 0.2) is 18.2 Å². The van der Waals surface area contributed by atoms with Crippen LogP contribution in [-0.4, -0.2) is 16.9 Å². The zero-order valence-corrected chi connectivity index (χ0v) is 14.8. The number of fused-ring (bicyclic) bond motifs is 3. The van der Waals surface area contributed by atoms with Crippen LogP contribution in [0.25, 0.3) is 0 Å². The Hall–Kier alpha value is -1.84. The number of rotatable bonds is 2. The minimum Gasteiger partial charge on any atom is -0.508 e. The summed E-state index contributed by atoms with van der Waals surface area (Å²) in [5.74, 6) is 0.127. The molecule has 0 unspecified atom stereocenters. The summed E-state index contributed by atoms with van der Waals surface area (Å²) < 4.78 is 0. The Kier molecular flexibility index (Phi) is 4.18. The highest BCUT2D eigenvalue weighted by molar-refractivity contribution is 5.98. The maximum atomic E-state index is 12.9. The summed E-state index contributed by atoms with van der Waals surface area (Å²) in [4.78, 5) is 24.6. The minimum absolute atomic E-state index is 0.131. The summed E-state index contributed by atoms with van der Waals surface area (Å²) >= 11 is 0. The first-order valence-corrected chi connectivity index (χ1v) is 8.98. The number of phenolic OH excluding ortho intramolecular Hbond substituents is 1. The summed E-state index contributed by atoms with van der Waals surface area (Å²) in [6.45, 7) is 6.00. The first-order valence-electron chi connectivity index (χ1n) is 8.98. The van der Waals surface area contributed by atoms with Gasteiger partial charge in [0.05, 0.1) is 5.41 Å². The molecular formula is C20H27NO3. The zero-order chi connectivity index (χ0) is 17.5. The van der Waals surface area contributed by atoms with E-state index in [2.05, 4.69) is 12.2 Å². The van der Waals surface area contributed by atoms with Gasteiger partial charge in [0.1, 0.15) is 5.75 Å². The molecule has 4 heteroatoms. The Bertz CT molecular complexity index is 683. The molecule has 0 aliphatic heterocycles. The Labute approximate surface area is 143 Å². The fourth-order valence-electron chi connectivity index (χ4n) is 5.08. The van der Waals surface area contributed by atoms with E-state index in [0.29, 0.717) is 6.42 Å². The van der Waals surface area contributed by atoms with Gasteiger partial charge in [-0.1, -0.05) is 33.3 Å². The van der Waals surface area contributed by atoms with Crippen LogP contribution in [0.2, 0.25) is 0 Å². The van der Waals surface area contributed by atoms with Gasteiger partial charge in [-0.3, -0.25) is 14.9 Å². The highest BCUT2D eigenvalue weighted by Crippen LogP contribution is 2.57. The second kappa shape index (κ2) is 5.91. The number of nitrogens with one attached hydrogen (secondary N) is 1. The monoisotopic (exact) mass is 329 g/mol. The Morgan fingerprint density at radius 2 is 2.04 bits per heavy atom. The molecule has 0 radical (unpaired) electrons. The minimum atomic E-state index is -0.541. The second-order valence-electron chi connectivity index (χ2n) is 7.85.